The molecule has 0 aliphatic carbocycles. The van der Waals surface area contributed by atoms with E-state index < -0.39 is 0 Å². The predicted molar refractivity (Wildman–Crippen MR) is 87.0 cm³/mol. The number of carbonyl (C=O) groups excluding carboxylic acids is 1. The van der Waals surface area contributed by atoms with Gasteiger partial charge in [0.2, 0.25) is 0 Å². The molecular formula is C15H23BrN2O3. The van der Waals surface area contributed by atoms with E-state index in [9.17, 15) is 4.79 Å². The molecule has 0 saturated heterocycles. The summed E-state index contributed by atoms with van der Waals surface area (Å²) in [5.41, 5.74) is 0.580. The zero-order chi connectivity index (χ0) is 15.7. The molecule has 0 atom stereocenters. The van der Waals surface area contributed by atoms with E-state index in [1.165, 1.54) is 0 Å². The monoisotopic (exact) mass is 358 g/mol. The second kappa shape index (κ2) is 9.76. The van der Waals surface area contributed by atoms with Crippen molar-refractivity contribution < 1.29 is 14.3 Å². The molecule has 0 fully saturated rings. The second-order valence-electron chi connectivity index (χ2n) is 4.84. The molecule has 0 bridgehead atoms. The molecule has 0 spiro atoms. The van der Waals surface area contributed by atoms with Crippen molar-refractivity contribution in [1.82, 2.24) is 10.6 Å². The average Bonchev–Trinajstić information content (AvgIpc) is 2.41. The minimum Gasteiger partial charge on any atom is -0.491 e. The number of benzene rings is 1. The number of halogens is 1. The first-order valence-electron chi connectivity index (χ1n) is 6.98. The van der Waals surface area contributed by atoms with E-state index in [0.29, 0.717) is 31.0 Å². The molecular weight excluding hydrogens is 336 g/mol. The first-order valence-corrected chi connectivity index (χ1v) is 7.77. The van der Waals surface area contributed by atoms with Gasteiger partial charge in [0.25, 0.3) is 5.91 Å². The van der Waals surface area contributed by atoms with E-state index in [2.05, 4.69) is 26.6 Å². The summed E-state index contributed by atoms with van der Waals surface area (Å²) < 4.78 is 11.4. The Balaban J connectivity index is 2.48. The molecule has 0 radical (unpaired) electrons. The smallest absolute Gasteiger partial charge is 0.251 e. The highest BCUT2D eigenvalue weighted by Crippen LogP contribution is 2.22. The second-order valence-corrected chi connectivity index (χ2v) is 5.76. The average molecular weight is 359 g/mol. The fraction of sp³-hybridized carbons (Fsp3) is 0.533. The Kier molecular flexibility index (Phi) is 8.34. The molecule has 0 saturated carbocycles. The summed E-state index contributed by atoms with van der Waals surface area (Å²) in [6, 6.07) is 5.38. The van der Waals surface area contributed by atoms with Crippen LogP contribution in [0.2, 0.25) is 0 Å². The first kappa shape index (κ1) is 17.9. The third-order valence-corrected chi connectivity index (χ3v) is 3.03. The molecule has 2 N–H and O–H groups in total. The lowest BCUT2D eigenvalue weighted by molar-refractivity contribution is 0.0953. The zero-order valence-corrected chi connectivity index (χ0v) is 14.3. The predicted octanol–water partition coefficient (Wildman–Crippen LogP) is 2.20. The lowest BCUT2D eigenvalue weighted by atomic mass is 10.2. The van der Waals surface area contributed by atoms with E-state index >= 15 is 0 Å². The summed E-state index contributed by atoms with van der Waals surface area (Å²) in [6.07, 6.45) is 0.0696. The molecule has 0 aliphatic rings. The van der Waals surface area contributed by atoms with Crippen LogP contribution in [0.15, 0.2) is 22.7 Å². The van der Waals surface area contributed by atoms with Crippen molar-refractivity contribution in [2.45, 2.75) is 20.0 Å². The Labute approximate surface area is 134 Å². The Hall–Kier alpha value is -1.11. The number of methoxy groups -OCH3 is 1. The highest BCUT2D eigenvalue weighted by Gasteiger charge is 2.09. The Morgan fingerprint density at radius 3 is 2.67 bits per heavy atom. The van der Waals surface area contributed by atoms with Gasteiger partial charge in [-0.3, -0.25) is 4.79 Å². The molecule has 21 heavy (non-hydrogen) atoms. The molecule has 0 unspecified atom stereocenters. The SMILES string of the molecule is COCCNCCNC(=O)c1cc(Br)cc(OC(C)C)c1. The number of rotatable bonds is 9. The summed E-state index contributed by atoms with van der Waals surface area (Å²) in [6.45, 7) is 6.61. The van der Waals surface area contributed by atoms with Crippen LogP contribution in [0.4, 0.5) is 0 Å². The van der Waals surface area contributed by atoms with Crippen LogP contribution < -0.4 is 15.4 Å². The third-order valence-electron chi connectivity index (χ3n) is 2.58. The third kappa shape index (κ3) is 7.45. The molecule has 0 aromatic heterocycles. The van der Waals surface area contributed by atoms with E-state index in [1.807, 2.05) is 19.9 Å². The number of hydrogen-bond donors (Lipinski definition) is 2. The van der Waals surface area contributed by atoms with E-state index in [-0.39, 0.29) is 12.0 Å². The van der Waals surface area contributed by atoms with Gasteiger partial charge in [0.1, 0.15) is 5.75 Å². The molecule has 5 nitrogen and oxygen atoms in total. The van der Waals surface area contributed by atoms with Crippen molar-refractivity contribution >= 4 is 21.8 Å². The Morgan fingerprint density at radius 2 is 2.00 bits per heavy atom. The first-order chi connectivity index (χ1) is 10.0. The van der Waals surface area contributed by atoms with E-state index in [0.717, 1.165) is 11.0 Å². The number of carbonyl (C=O) groups is 1. The van der Waals surface area contributed by atoms with Crippen LogP contribution in [0.1, 0.15) is 24.2 Å². The van der Waals surface area contributed by atoms with Gasteiger partial charge in [0.15, 0.2) is 0 Å². The summed E-state index contributed by atoms with van der Waals surface area (Å²) in [5.74, 6) is 0.571. The Morgan fingerprint density at radius 1 is 1.24 bits per heavy atom. The fourth-order valence-corrected chi connectivity index (χ4v) is 2.17. The van der Waals surface area contributed by atoms with Gasteiger partial charge in [-0.2, -0.15) is 0 Å². The Bertz CT molecular complexity index is 453. The highest BCUT2D eigenvalue weighted by atomic mass is 79.9. The van der Waals surface area contributed by atoms with Crippen molar-refractivity contribution in [3.8, 4) is 5.75 Å². The topological polar surface area (TPSA) is 59.6 Å². The zero-order valence-electron chi connectivity index (χ0n) is 12.7. The van der Waals surface area contributed by atoms with Crippen LogP contribution >= 0.6 is 15.9 Å². The molecule has 1 rings (SSSR count). The minimum absolute atomic E-state index is 0.0696. The normalized spacial score (nSPS) is 10.7. The van der Waals surface area contributed by atoms with Crippen molar-refractivity contribution in [2.24, 2.45) is 0 Å². The van der Waals surface area contributed by atoms with Gasteiger partial charge < -0.3 is 20.1 Å². The maximum absolute atomic E-state index is 12.1. The van der Waals surface area contributed by atoms with Gasteiger partial charge >= 0.3 is 0 Å². The van der Waals surface area contributed by atoms with Crippen LogP contribution in [0.3, 0.4) is 0 Å². The maximum Gasteiger partial charge on any atom is 0.251 e. The van der Waals surface area contributed by atoms with Crippen LogP contribution in [0.25, 0.3) is 0 Å². The summed E-state index contributed by atoms with van der Waals surface area (Å²) in [7, 11) is 1.66. The fourth-order valence-electron chi connectivity index (χ4n) is 1.70. The summed E-state index contributed by atoms with van der Waals surface area (Å²) in [5, 5.41) is 6.03. The number of ether oxygens (including phenoxy) is 2. The number of hydrogen-bond acceptors (Lipinski definition) is 4. The largest absolute Gasteiger partial charge is 0.491 e. The lowest BCUT2D eigenvalue weighted by Gasteiger charge is -2.12. The molecule has 0 heterocycles. The molecule has 1 aromatic carbocycles. The molecule has 1 aromatic rings. The van der Waals surface area contributed by atoms with Crippen LogP contribution in [-0.4, -0.2) is 45.4 Å². The molecule has 118 valence electrons. The lowest BCUT2D eigenvalue weighted by Crippen LogP contribution is -2.33. The van der Waals surface area contributed by atoms with E-state index in [1.54, 1.807) is 19.2 Å². The van der Waals surface area contributed by atoms with Crippen LogP contribution in [0, 0.1) is 0 Å². The standard InChI is InChI=1S/C15H23BrN2O3/c1-11(2)21-14-9-12(8-13(16)10-14)15(19)18-5-4-17-6-7-20-3/h8-11,17H,4-7H2,1-3H3,(H,18,19). The molecule has 1 amide bonds. The quantitative estimate of drug-likeness (QED) is 0.664. The van der Waals surface area contributed by atoms with Gasteiger partial charge in [0.05, 0.1) is 12.7 Å². The van der Waals surface area contributed by atoms with Crippen LogP contribution in [0.5, 0.6) is 5.75 Å². The molecule has 6 heteroatoms. The molecule has 0 aliphatic heterocycles. The van der Waals surface area contributed by atoms with Crippen molar-refractivity contribution in [3.63, 3.8) is 0 Å². The number of nitrogens with one attached hydrogen (secondary N) is 2. The minimum atomic E-state index is -0.113. The number of amides is 1. The maximum atomic E-state index is 12.1. The summed E-state index contributed by atoms with van der Waals surface area (Å²) >= 11 is 3.40. The van der Waals surface area contributed by atoms with Crippen molar-refractivity contribution in [1.29, 1.82) is 0 Å². The van der Waals surface area contributed by atoms with Crippen molar-refractivity contribution in [2.75, 3.05) is 33.4 Å². The van der Waals surface area contributed by atoms with Gasteiger partial charge in [0, 0.05) is 36.8 Å². The van der Waals surface area contributed by atoms with Gasteiger partial charge in [-0.1, -0.05) is 15.9 Å². The van der Waals surface area contributed by atoms with Crippen LogP contribution in [-0.2, 0) is 4.74 Å². The highest BCUT2D eigenvalue weighted by molar-refractivity contribution is 9.10. The van der Waals surface area contributed by atoms with Gasteiger partial charge in [-0.25, -0.2) is 0 Å². The van der Waals surface area contributed by atoms with E-state index in [4.69, 9.17) is 9.47 Å². The van der Waals surface area contributed by atoms with Gasteiger partial charge in [-0.05, 0) is 32.0 Å². The van der Waals surface area contributed by atoms with Gasteiger partial charge in [-0.15, -0.1) is 0 Å². The van der Waals surface area contributed by atoms with Crippen molar-refractivity contribution in [3.05, 3.63) is 28.2 Å². The summed E-state index contributed by atoms with van der Waals surface area (Å²) in [4.78, 5) is 12.1.